The Morgan fingerprint density at radius 3 is 2.57 bits per heavy atom. The number of thiophene rings is 1. The van der Waals surface area contributed by atoms with Crippen molar-refractivity contribution < 1.29 is 9.53 Å². The highest BCUT2D eigenvalue weighted by Crippen LogP contribution is 2.41. The van der Waals surface area contributed by atoms with Crippen LogP contribution in [0, 0.1) is 0 Å². The Balaban J connectivity index is 1.74. The molecule has 3 rings (SSSR count). The van der Waals surface area contributed by atoms with Crippen LogP contribution in [0.2, 0.25) is 0 Å². The number of nitrogen functional groups attached to an aromatic ring is 1. The minimum absolute atomic E-state index is 0.154. The fourth-order valence-corrected chi connectivity index (χ4v) is 5.57. The Morgan fingerprint density at radius 1 is 1.23 bits per heavy atom. The average molecular weight is 451 g/mol. The molecule has 0 bridgehead atoms. The third kappa shape index (κ3) is 5.26. The summed E-state index contributed by atoms with van der Waals surface area (Å²) in [4.78, 5) is 26.1. The fourth-order valence-electron chi connectivity index (χ4n) is 3.65. The quantitative estimate of drug-likeness (QED) is 0.404. The van der Waals surface area contributed by atoms with Crippen molar-refractivity contribution in [3.05, 3.63) is 10.4 Å². The van der Waals surface area contributed by atoms with Crippen LogP contribution < -0.4 is 5.73 Å². The Bertz CT molecular complexity index is 878. The highest BCUT2D eigenvalue weighted by Gasteiger charge is 2.33. The van der Waals surface area contributed by atoms with Gasteiger partial charge in [-0.1, -0.05) is 45.4 Å². The molecule has 0 aliphatic carbocycles. The molecule has 166 valence electrons. The summed E-state index contributed by atoms with van der Waals surface area (Å²) in [5.41, 5.74) is 7.44. The Morgan fingerprint density at radius 2 is 1.93 bits per heavy atom. The molecule has 3 heterocycles. The van der Waals surface area contributed by atoms with Gasteiger partial charge in [0, 0.05) is 24.4 Å². The number of nitrogens with two attached hydrogens (primary N) is 1. The third-order valence-electron chi connectivity index (χ3n) is 5.83. The zero-order chi connectivity index (χ0) is 21.7. The van der Waals surface area contributed by atoms with E-state index >= 15 is 0 Å². The second-order valence-corrected chi connectivity index (χ2v) is 10.2. The Labute approximate surface area is 188 Å². The maximum atomic E-state index is 12.7. The van der Waals surface area contributed by atoms with E-state index in [2.05, 4.69) is 32.7 Å². The van der Waals surface area contributed by atoms with Crippen LogP contribution in [0.15, 0.2) is 5.16 Å². The second kappa shape index (κ2) is 10.3. The number of amides is 1. The first-order valence-electron chi connectivity index (χ1n) is 11.0. The summed E-state index contributed by atoms with van der Waals surface area (Å²) in [6, 6.07) is 0. The molecule has 2 aromatic rings. The molecule has 1 aliphatic rings. The zero-order valence-electron chi connectivity index (χ0n) is 18.6. The normalized spacial score (nSPS) is 18.5. The molecule has 1 amide bonds. The summed E-state index contributed by atoms with van der Waals surface area (Å²) in [6.07, 6.45) is 6.03. The molecule has 0 saturated carbocycles. The summed E-state index contributed by atoms with van der Waals surface area (Å²) in [6.45, 7) is 10.8. The van der Waals surface area contributed by atoms with Crippen LogP contribution in [0.3, 0.4) is 0 Å². The van der Waals surface area contributed by atoms with Crippen molar-refractivity contribution in [2.24, 2.45) is 0 Å². The standard InChI is InChI=1S/C22H34N4O2S2/c1-5-8-10-26(11-9-6-2)17(27)14-29-21-24-19(23)18-15-12-22(4,7-3)28-13-16(15)30-20(18)25-21/h5-14H2,1-4H3,(H2,23,24,25). The number of anilines is 1. The maximum absolute atomic E-state index is 12.7. The first-order valence-corrected chi connectivity index (χ1v) is 12.8. The molecule has 0 aromatic carbocycles. The van der Waals surface area contributed by atoms with Gasteiger partial charge in [-0.2, -0.15) is 0 Å². The van der Waals surface area contributed by atoms with E-state index in [4.69, 9.17) is 15.5 Å². The predicted molar refractivity (Wildman–Crippen MR) is 126 cm³/mol. The predicted octanol–water partition coefficient (Wildman–Crippen LogP) is 5.04. The number of fused-ring (bicyclic) bond motifs is 3. The molecule has 6 nitrogen and oxygen atoms in total. The molecule has 1 atom stereocenters. The van der Waals surface area contributed by atoms with Crippen LogP contribution in [-0.2, 0) is 22.6 Å². The zero-order valence-corrected chi connectivity index (χ0v) is 20.3. The van der Waals surface area contributed by atoms with Crippen LogP contribution >= 0.6 is 23.1 Å². The lowest BCUT2D eigenvalue weighted by Crippen LogP contribution is -2.34. The molecule has 30 heavy (non-hydrogen) atoms. The van der Waals surface area contributed by atoms with E-state index in [9.17, 15) is 4.79 Å². The number of aromatic nitrogens is 2. The SMILES string of the molecule is CCCCN(CCCC)C(=O)CSc1nc(N)c2c3c(sc2n1)COC(C)(CC)C3. The number of hydrogen-bond acceptors (Lipinski definition) is 7. The number of nitrogens with zero attached hydrogens (tertiary/aromatic N) is 3. The van der Waals surface area contributed by atoms with E-state index in [1.54, 1.807) is 11.3 Å². The molecular formula is C22H34N4O2S2. The van der Waals surface area contributed by atoms with Gasteiger partial charge in [-0.05, 0) is 31.7 Å². The molecule has 2 N–H and O–H groups in total. The van der Waals surface area contributed by atoms with Gasteiger partial charge in [0.2, 0.25) is 5.91 Å². The van der Waals surface area contributed by atoms with E-state index in [0.717, 1.165) is 61.8 Å². The van der Waals surface area contributed by atoms with Gasteiger partial charge in [-0.15, -0.1) is 11.3 Å². The van der Waals surface area contributed by atoms with Crippen LogP contribution in [0.1, 0.15) is 70.2 Å². The minimum atomic E-state index is -0.159. The topological polar surface area (TPSA) is 81.3 Å². The number of carbonyl (C=O) groups excluding carboxylic acids is 1. The highest BCUT2D eigenvalue weighted by molar-refractivity contribution is 7.99. The van der Waals surface area contributed by atoms with E-state index in [-0.39, 0.29) is 11.5 Å². The third-order valence-corrected chi connectivity index (χ3v) is 7.76. The van der Waals surface area contributed by atoms with Crippen molar-refractivity contribution in [3.63, 3.8) is 0 Å². The van der Waals surface area contributed by atoms with Crippen molar-refractivity contribution in [1.29, 1.82) is 0 Å². The molecule has 1 unspecified atom stereocenters. The van der Waals surface area contributed by atoms with Gasteiger partial charge < -0.3 is 15.4 Å². The van der Waals surface area contributed by atoms with Crippen LogP contribution in [0.25, 0.3) is 10.2 Å². The number of hydrogen-bond donors (Lipinski definition) is 1. The van der Waals surface area contributed by atoms with Gasteiger partial charge in [-0.3, -0.25) is 4.79 Å². The highest BCUT2D eigenvalue weighted by atomic mass is 32.2. The number of thioether (sulfide) groups is 1. The largest absolute Gasteiger partial charge is 0.383 e. The van der Waals surface area contributed by atoms with Crippen LogP contribution in [0.4, 0.5) is 5.82 Å². The van der Waals surface area contributed by atoms with Gasteiger partial charge in [0.1, 0.15) is 10.6 Å². The molecule has 2 aromatic heterocycles. The van der Waals surface area contributed by atoms with Gasteiger partial charge in [0.15, 0.2) is 5.16 Å². The fraction of sp³-hybridized carbons (Fsp3) is 0.682. The molecule has 8 heteroatoms. The number of ether oxygens (including phenoxy) is 1. The second-order valence-electron chi connectivity index (χ2n) is 8.22. The van der Waals surface area contributed by atoms with Gasteiger partial charge in [0.05, 0.1) is 23.3 Å². The maximum Gasteiger partial charge on any atom is 0.233 e. The lowest BCUT2D eigenvalue weighted by atomic mass is 9.90. The van der Waals surface area contributed by atoms with Gasteiger partial charge in [0.25, 0.3) is 0 Å². The molecule has 0 spiro atoms. The van der Waals surface area contributed by atoms with E-state index in [0.29, 0.717) is 23.3 Å². The molecule has 0 radical (unpaired) electrons. The van der Waals surface area contributed by atoms with Gasteiger partial charge >= 0.3 is 0 Å². The monoisotopic (exact) mass is 450 g/mol. The van der Waals surface area contributed by atoms with Crippen molar-refractivity contribution in [2.45, 2.75) is 83.6 Å². The van der Waals surface area contributed by atoms with Crippen molar-refractivity contribution in [3.8, 4) is 0 Å². The smallest absolute Gasteiger partial charge is 0.233 e. The first kappa shape index (κ1) is 23.3. The van der Waals surface area contributed by atoms with Crippen LogP contribution in [-0.4, -0.2) is 45.2 Å². The minimum Gasteiger partial charge on any atom is -0.383 e. The Kier molecular flexibility index (Phi) is 7.98. The summed E-state index contributed by atoms with van der Waals surface area (Å²) < 4.78 is 6.08. The number of unbranched alkanes of at least 4 members (excludes halogenated alkanes) is 2. The lowest BCUT2D eigenvalue weighted by Gasteiger charge is -2.33. The molecular weight excluding hydrogens is 416 g/mol. The average Bonchev–Trinajstić information content (AvgIpc) is 3.09. The molecule has 1 aliphatic heterocycles. The summed E-state index contributed by atoms with van der Waals surface area (Å²) in [5.74, 6) is 1.02. The summed E-state index contributed by atoms with van der Waals surface area (Å²) in [5, 5.41) is 1.55. The van der Waals surface area contributed by atoms with E-state index < -0.39 is 0 Å². The number of rotatable bonds is 10. The first-order chi connectivity index (χ1) is 14.4. The van der Waals surface area contributed by atoms with E-state index in [1.165, 1.54) is 22.2 Å². The number of carbonyl (C=O) groups is 1. The Hall–Kier alpha value is -1.38. The van der Waals surface area contributed by atoms with Crippen LogP contribution in [0.5, 0.6) is 0 Å². The van der Waals surface area contributed by atoms with E-state index in [1.807, 2.05) is 4.90 Å². The molecule has 0 saturated heterocycles. The lowest BCUT2D eigenvalue weighted by molar-refractivity contribution is -0.128. The van der Waals surface area contributed by atoms with Crippen molar-refractivity contribution in [2.75, 3.05) is 24.6 Å². The van der Waals surface area contributed by atoms with Crippen molar-refractivity contribution >= 4 is 45.0 Å². The van der Waals surface area contributed by atoms with Crippen molar-refractivity contribution in [1.82, 2.24) is 14.9 Å². The molecule has 0 fully saturated rings. The summed E-state index contributed by atoms with van der Waals surface area (Å²) in [7, 11) is 0. The summed E-state index contributed by atoms with van der Waals surface area (Å²) >= 11 is 3.02. The van der Waals surface area contributed by atoms with Gasteiger partial charge in [-0.25, -0.2) is 9.97 Å².